The monoisotopic (exact) mass is 1010 g/mol. The fraction of sp³-hybridized carbons (Fsp3) is 0.542. The van der Waals surface area contributed by atoms with Crippen molar-refractivity contribution in [2.45, 2.75) is 135 Å². The first-order chi connectivity index (χ1) is 33.5. The summed E-state index contributed by atoms with van der Waals surface area (Å²) < 4.78 is 46.8. The minimum Gasteiger partial charge on any atom is -0.458 e. The summed E-state index contributed by atoms with van der Waals surface area (Å²) in [5, 5.41) is 24.3. The second-order valence-corrected chi connectivity index (χ2v) is 18.8. The maximum absolute atomic E-state index is 15.0. The van der Waals surface area contributed by atoms with Gasteiger partial charge in [-0.3, -0.25) is 38.1 Å². The van der Waals surface area contributed by atoms with E-state index in [0.717, 1.165) is 12.0 Å². The zero-order valence-electron chi connectivity index (χ0n) is 41.2. The number of carbonyl (C=O) groups is 8. The molecule has 2 aromatic carbocycles. The second kappa shape index (κ2) is 26.3. The minimum absolute atomic E-state index is 0.0617. The average molecular weight is 1010 g/mol. The van der Waals surface area contributed by atoms with Crippen LogP contribution in [-0.2, 0) is 75.3 Å². The number of nitrogens with one attached hydrogen (secondary N) is 5. The normalized spacial score (nSPS) is 25.5. The van der Waals surface area contributed by atoms with E-state index < -0.39 is 137 Å². The fourth-order valence-corrected chi connectivity index (χ4v) is 8.40. The van der Waals surface area contributed by atoms with Crippen LogP contribution in [0.5, 0.6) is 0 Å². The van der Waals surface area contributed by atoms with Crippen LogP contribution in [0.15, 0.2) is 72.4 Å². The van der Waals surface area contributed by atoms with Crippen molar-refractivity contribution >= 4 is 57.7 Å². The number of aliphatic hydroxyl groups excluding tert-OH is 1. The number of likely N-dealkylation sites (N-methyl/N-ethyl adjacent to an activating group) is 1. The van der Waals surface area contributed by atoms with Gasteiger partial charge in [0.05, 0.1) is 0 Å². The van der Waals surface area contributed by atoms with Gasteiger partial charge < -0.3 is 51.0 Å². The van der Waals surface area contributed by atoms with Crippen molar-refractivity contribution in [3.63, 3.8) is 0 Å². The van der Waals surface area contributed by atoms with E-state index in [-0.39, 0.29) is 32.1 Å². The molecule has 0 unspecified atom stereocenters. The molecule has 7 N–H and O–H groups in total. The van der Waals surface area contributed by atoms with E-state index in [4.69, 9.17) is 14.0 Å². The SMILES string of the molecule is C/C=C1\NC(=O)[C@@H](NC(=O)[C@@H](NC(=O)[C@@H](COS(=O)(=O)O)OC)[C@@H](C)CC)[C@@H](C)OC(=O)[C@H]([C@@H](C)CC)NC(=O)[C@H](Cc2ccccc2)N(C)C(=O)[C@H](Cc2ccccc2)N2C(=O)[C@H](CC[C@H]2O)NC1=O. The second-order valence-electron chi connectivity index (χ2n) is 17.7. The number of cyclic esters (lactones) is 1. The molecule has 390 valence electrons. The van der Waals surface area contributed by atoms with Gasteiger partial charge in [0.2, 0.25) is 23.6 Å². The van der Waals surface area contributed by atoms with Crippen molar-refractivity contribution in [2.24, 2.45) is 11.8 Å². The number of piperidine rings is 1. The molecule has 2 bridgehead atoms. The number of esters is 1. The highest BCUT2D eigenvalue weighted by Gasteiger charge is 2.46. The molecule has 2 fully saturated rings. The number of ether oxygens (including phenoxy) is 2. The van der Waals surface area contributed by atoms with E-state index in [1.165, 1.54) is 31.9 Å². The lowest BCUT2D eigenvalue weighted by Gasteiger charge is -2.43. The number of carbonyl (C=O) groups excluding carboxylic acids is 8. The Morgan fingerprint density at radius 2 is 1.46 bits per heavy atom. The highest BCUT2D eigenvalue weighted by Crippen LogP contribution is 2.25. The summed E-state index contributed by atoms with van der Waals surface area (Å²) in [6, 6.07) is 8.72. The standard InChI is InChI=1S/C48H67N7O15S/c1-9-27(4)38(51-43(59)36(68-8)26-69-71(65,66)67)44(60)53-40-29(6)70-48(64)39(28(5)10-2)52-42(58)34(24-30-18-14-12-15-19-30)54(7)47(63)35(25-31-20-16-13-17-21-31)55-37(56)23-22-33(46(55)62)50-41(57)32(11-3)49-45(40)61/h11-21,27-29,33-40,56H,9-10,22-26H2,1-8H3,(H,49,61)(H,50,57)(H,51,59)(H,52,58)(H,53,60)(H,65,66,67)/b32-11-/t27-,28-,29+,33-,34-,35-,36+,37+,38-,39-,40-/m0/s1. The van der Waals surface area contributed by atoms with Gasteiger partial charge in [0.25, 0.3) is 17.7 Å². The molecule has 0 aromatic heterocycles. The highest BCUT2D eigenvalue weighted by atomic mass is 32.3. The topological polar surface area (TPSA) is 305 Å². The Labute approximate surface area is 413 Å². The van der Waals surface area contributed by atoms with Crippen molar-refractivity contribution in [2.75, 3.05) is 20.8 Å². The summed E-state index contributed by atoms with van der Waals surface area (Å²) in [7, 11) is -2.55. The molecule has 7 amide bonds. The molecule has 2 aliphatic rings. The minimum atomic E-state index is -4.99. The Morgan fingerprint density at radius 1 is 0.873 bits per heavy atom. The van der Waals surface area contributed by atoms with Crippen LogP contribution in [-0.4, -0.2) is 151 Å². The quantitative estimate of drug-likeness (QED) is 0.0682. The van der Waals surface area contributed by atoms with Crippen molar-refractivity contribution in [1.29, 1.82) is 0 Å². The van der Waals surface area contributed by atoms with E-state index in [1.807, 2.05) is 0 Å². The van der Waals surface area contributed by atoms with Crippen molar-refractivity contribution in [3.05, 3.63) is 83.6 Å². The number of hydrogen-bond acceptors (Lipinski definition) is 14. The molecule has 4 rings (SSSR count). The number of allylic oxidation sites excluding steroid dienone is 1. The van der Waals surface area contributed by atoms with E-state index in [9.17, 15) is 47.1 Å². The molecule has 71 heavy (non-hydrogen) atoms. The predicted molar refractivity (Wildman–Crippen MR) is 255 cm³/mol. The number of methoxy groups -OCH3 is 1. The summed E-state index contributed by atoms with van der Waals surface area (Å²) in [5.41, 5.74) is 0.846. The van der Waals surface area contributed by atoms with Crippen LogP contribution in [0.3, 0.4) is 0 Å². The molecule has 0 saturated carbocycles. The summed E-state index contributed by atoms with van der Waals surface area (Å²) in [6.07, 6.45) is -3.24. The number of nitrogens with zero attached hydrogens (tertiary/aromatic N) is 2. The van der Waals surface area contributed by atoms with Crippen molar-refractivity contribution < 1.29 is 70.1 Å². The lowest BCUT2D eigenvalue weighted by atomic mass is 9.95. The summed E-state index contributed by atoms with van der Waals surface area (Å²) >= 11 is 0. The van der Waals surface area contributed by atoms with Gasteiger partial charge >= 0.3 is 16.4 Å². The number of hydrogen-bond donors (Lipinski definition) is 7. The van der Waals surface area contributed by atoms with Crippen LogP contribution in [0.1, 0.15) is 78.4 Å². The van der Waals surface area contributed by atoms with Gasteiger partial charge in [0, 0.05) is 27.0 Å². The smallest absolute Gasteiger partial charge is 0.397 e. The van der Waals surface area contributed by atoms with Crippen LogP contribution in [0.25, 0.3) is 0 Å². The highest BCUT2D eigenvalue weighted by molar-refractivity contribution is 7.80. The lowest BCUT2D eigenvalue weighted by molar-refractivity contribution is -0.165. The number of amides is 7. The molecule has 0 radical (unpaired) electrons. The van der Waals surface area contributed by atoms with Gasteiger partial charge in [0.1, 0.15) is 60.9 Å². The zero-order valence-corrected chi connectivity index (χ0v) is 42.0. The van der Waals surface area contributed by atoms with Gasteiger partial charge in [-0.05, 0) is 49.7 Å². The molecule has 0 aliphatic carbocycles. The molecule has 11 atom stereocenters. The van der Waals surface area contributed by atoms with Crippen LogP contribution < -0.4 is 26.6 Å². The lowest BCUT2D eigenvalue weighted by Crippen LogP contribution is -2.64. The van der Waals surface area contributed by atoms with E-state index in [2.05, 4.69) is 30.8 Å². The van der Waals surface area contributed by atoms with Crippen LogP contribution in [0, 0.1) is 11.8 Å². The largest absolute Gasteiger partial charge is 0.458 e. The Balaban J connectivity index is 1.84. The van der Waals surface area contributed by atoms with Crippen LogP contribution in [0.4, 0.5) is 0 Å². The third-order valence-electron chi connectivity index (χ3n) is 12.8. The first-order valence-corrected chi connectivity index (χ1v) is 24.8. The maximum atomic E-state index is 15.0. The fourth-order valence-electron chi connectivity index (χ4n) is 8.11. The predicted octanol–water partition coefficient (Wildman–Crippen LogP) is 0.439. The molecule has 23 heteroatoms. The van der Waals surface area contributed by atoms with Gasteiger partial charge in [-0.25, -0.2) is 8.98 Å². The van der Waals surface area contributed by atoms with E-state index >= 15 is 4.79 Å². The first kappa shape index (κ1) is 57.3. The van der Waals surface area contributed by atoms with Gasteiger partial charge in [-0.15, -0.1) is 0 Å². The molecule has 2 aromatic rings. The molecule has 2 heterocycles. The number of aliphatic hydroxyl groups is 1. The van der Waals surface area contributed by atoms with Gasteiger partial charge in [-0.1, -0.05) is 107 Å². The van der Waals surface area contributed by atoms with E-state index in [1.54, 1.807) is 88.4 Å². The van der Waals surface area contributed by atoms with Crippen molar-refractivity contribution in [3.8, 4) is 0 Å². The number of rotatable bonds is 16. The molecule has 0 spiro atoms. The molecular formula is C48H67N7O15S. The Bertz CT molecular complexity index is 2360. The Morgan fingerprint density at radius 3 is 2.00 bits per heavy atom. The molecule has 2 aliphatic heterocycles. The first-order valence-electron chi connectivity index (χ1n) is 23.4. The third-order valence-corrected chi connectivity index (χ3v) is 13.3. The number of fused-ring (bicyclic) bond motifs is 2. The zero-order chi connectivity index (χ0) is 52.7. The average Bonchev–Trinajstić information content (AvgIpc) is 3.34. The maximum Gasteiger partial charge on any atom is 0.397 e. The van der Waals surface area contributed by atoms with Gasteiger partial charge in [-0.2, -0.15) is 8.42 Å². The Kier molecular flexibility index (Phi) is 21.2. The molecular weight excluding hydrogens is 947 g/mol. The summed E-state index contributed by atoms with van der Waals surface area (Å²) in [4.78, 5) is 117. The molecule has 22 nitrogen and oxygen atoms in total. The Hall–Kier alpha value is -6.27. The van der Waals surface area contributed by atoms with Crippen LogP contribution in [0.2, 0.25) is 0 Å². The molecule has 2 saturated heterocycles. The van der Waals surface area contributed by atoms with Crippen molar-refractivity contribution in [1.82, 2.24) is 36.4 Å². The number of benzene rings is 2. The van der Waals surface area contributed by atoms with Gasteiger partial charge in [0.15, 0.2) is 6.10 Å². The summed E-state index contributed by atoms with van der Waals surface area (Å²) in [6.45, 7) is 8.43. The van der Waals surface area contributed by atoms with E-state index in [0.29, 0.717) is 17.5 Å². The summed E-state index contributed by atoms with van der Waals surface area (Å²) in [5.74, 6) is -8.76. The third kappa shape index (κ3) is 15.6. The van der Waals surface area contributed by atoms with Crippen LogP contribution >= 0.6 is 0 Å².